The molecule has 0 saturated heterocycles. The number of anilines is 1. The SMILES string of the molecule is COc1ccc(S(=O)(=O)N2C[C@H](C(=O)NCCOc3ccc(C)cc3C)Oc3ccc(C)cc32)cc1. The molecule has 190 valence electrons. The zero-order valence-corrected chi connectivity index (χ0v) is 21.6. The van der Waals surface area contributed by atoms with Crippen molar-refractivity contribution in [3.05, 3.63) is 77.4 Å². The quantitative estimate of drug-likeness (QED) is 0.464. The van der Waals surface area contributed by atoms with E-state index in [1.165, 1.54) is 23.5 Å². The van der Waals surface area contributed by atoms with E-state index in [1.54, 1.807) is 24.3 Å². The van der Waals surface area contributed by atoms with Gasteiger partial charge in [0.05, 0.1) is 30.8 Å². The van der Waals surface area contributed by atoms with Gasteiger partial charge in [0.15, 0.2) is 6.10 Å². The summed E-state index contributed by atoms with van der Waals surface area (Å²) in [5.74, 6) is 1.22. The molecule has 0 radical (unpaired) electrons. The molecule has 1 aliphatic rings. The summed E-state index contributed by atoms with van der Waals surface area (Å²) < 4.78 is 45.2. The fraction of sp³-hybridized carbons (Fsp3) is 0.296. The van der Waals surface area contributed by atoms with E-state index in [-0.39, 0.29) is 24.6 Å². The van der Waals surface area contributed by atoms with Crippen LogP contribution in [0, 0.1) is 20.8 Å². The lowest BCUT2D eigenvalue weighted by Gasteiger charge is -2.35. The Bertz CT molecular complexity index is 1360. The predicted octanol–water partition coefficient (Wildman–Crippen LogP) is 3.77. The highest BCUT2D eigenvalue weighted by atomic mass is 32.2. The van der Waals surface area contributed by atoms with Gasteiger partial charge in [0.2, 0.25) is 0 Å². The van der Waals surface area contributed by atoms with Gasteiger partial charge in [-0.3, -0.25) is 9.10 Å². The lowest BCUT2D eigenvalue weighted by atomic mass is 10.1. The number of ether oxygens (including phenoxy) is 3. The first-order chi connectivity index (χ1) is 17.2. The monoisotopic (exact) mass is 510 g/mol. The molecule has 1 amide bonds. The Labute approximate surface area is 211 Å². The maximum absolute atomic E-state index is 13.6. The number of hydrogen-bond donors (Lipinski definition) is 1. The number of carbonyl (C=O) groups is 1. The van der Waals surface area contributed by atoms with Crippen molar-refractivity contribution in [2.45, 2.75) is 31.8 Å². The smallest absolute Gasteiger partial charge is 0.264 e. The van der Waals surface area contributed by atoms with Gasteiger partial charge >= 0.3 is 0 Å². The highest BCUT2D eigenvalue weighted by molar-refractivity contribution is 7.92. The summed E-state index contributed by atoms with van der Waals surface area (Å²) in [5, 5.41) is 2.80. The van der Waals surface area contributed by atoms with Gasteiger partial charge in [0.1, 0.15) is 23.9 Å². The summed E-state index contributed by atoms with van der Waals surface area (Å²) in [4.78, 5) is 13.1. The number of nitrogens with zero attached hydrogens (tertiary/aromatic N) is 1. The van der Waals surface area contributed by atoms with Gasteiger partial charge in [-0.1, -0.05) is 23.8 Å². The molecule has 1 N–H and O–H groups in total. The third kappa shape index (κ3) is 5.41. The largest absolute Gasteiger partial charge is 0.497 e. The lowest BCUT2D eigenvalue weighted by Crippen LogP contribution is -2.51. The van der Waals surface area contributed by atoms with Crippen LogP contribution in [0.3, 0.4) is 0 Å². The van der Waals surface area contributed by atoms with Gasteiger partial charge in [0, 0.05) is 0 Å². The highest BCUT2D eigenvalue weighted by Crippen LogP contribution is 2.38. The third-order valence-electron chi connectivity index (χ3n) is 5.91. The van der Waals surface area contributed by atoms with Crippen molar-refractivity contribution in [2.75, 3.05) is 31.1 Å². The molecule has 3 aromatic carbocycles. The first kappa shape index (κ1) is 25.4. The molecule has 1 atom stereocenters. The molecule has 1 heterocycles. The Hall–Kier alpha value is -3.72. The molecule has 3 aromatic rings. The average Bonchev–Trinajstić information content (AvgIpc) is 2.86. The highest BCUT2D eigenvalue weighted by Gasteiger charge is 2.37. The second-order valence-corrected chi connectivity index (χ2v) is 10.6. The third-order valence-corrected chi connectivity index (χ3v) is 7.71. The van der Waals surface area contributed by atoms with Crippen molar-refractivity contribution >= 4 is 21.6 Å². The second kappa shape index (κ2) is 10.5. The number of carbonyl (C=O) groups excluding carboxylic acids is 1. The Morgan fingerprint density at radius 3 is 2.42 bits per heavy atom. The molecule has 0 aromatic heterocycles. The average molecular weight is 511 g/mol. The number of fused-ring (bicyclic) bond motifs is 1. The van der Waals surface area contributed by atoms with Crippen molar-refractivity contribution in [1.29, 1.82) is 0 Å². The minimum absolute atomic E-state index is 0.0960. The van der Waals surface area contributed by atoms with Crippen LogP contribution in [-0.2, 0) is 14.8 Å². The standard InChI is InChI=1S/C27H30N2O6S/c1-18-5-11-24(20(3)15-18)34-14-13-28-27(30)26-17-29(23-16-19(2)6-12-25(23)35-26)36(31,32)22-9-7-21(33-4)8-10-22/h5-12,15-16,26H,13-14,17H2,1-4H3,(H,28,30)/t26-/m1/s1. The fourth-order valence-electron chi connectivity index (χ4n) is 4.01. The maximum Gasteiger partial charge on any atom is 0.264 e. The van der Waals surface area contributed by atoms with E-state index in [4.69, 9.17) is 14.2 Å². The molecule has 0 spiro atoms. The van der Waals surface area contributed by atoms with E-state index in [0.717, 1.165) is 22.4 Å². The molecule has 0 unspecified atom stereocenters. The van der Waals surface area contributed by atoms with Gasteiger partial charge in [0.25, 0.3) is 15.9 Å². The molecule has 0 fully saturated rings. The van der Waals surface area contributed by atoms with Crippen LogP contribution in [0.2, 0.25) is 0 Å². The molecule has 0 bridgehead atoms. The van der Waals surface area contributed by atoms with Crippen molar-refractivity contribution in [3.63, 3.8) is 0 Å². The van der Waals surface area contributed by atoms with E-state index in [0.29, 0.717) is 17.2 Å². The van der Waals surface area contributed by atoms with Crippen LogP contribution in [-0.4, -0.2) is 47.2 Å². The first-order valence-electron chi connectivity index (χ1n) is 11.6. The number of amides is 1. The van der Waals surface area contributed by atoms with Crippen LogP contribution in [0.15, 0.2) is 65.6 Å². The van der Waals surface area contributed by atoms with Crippen LogP contribution in [0.5, 0.6) is 17.2 Å². The molecule has 9 heteroatoms. The zero-order chi connectivity index (χ0) is 25.9. The van der Waals surface area contributed by atoms with Gasteiger partial charge in [-0.25, -0.2) is 8.42 Å². The molecule has 4 rings (SSSR count). The summed E-state index contributed by atoms with van der Waals surface area (Å²) in [6, 6.07) is 17.3. The Kier molecular flexibility index (Phi) is 7.40. The summed E-state index contributed by atoms with van der Waals surface area (Å²) in [6.45, 7) is 6.21. The molecular weight excluding hydrogens is 480 g/mol. The molecule has 36 heavy (non-hydrogen) atoms. The van der Waals surface area contributed by atoms with E-state index < -0.39 is 22.0 Å². The predicted molar refractivity (Wildman–Crippen MR) is 138 cm³/mol. The molecule has 0 aliphatic carbocycles. The lowest BCUT2D eigenvalue weighted by molar-refractivity contribution is -0.127. The summed E-state index contributed by atoms with van der Waals surface area (Å²) >= 11 is 0. The number of nitrogens with one attached hydrogen (secondary N) is 1. The van der Waals surface area contributed by atoms with Gasteiger partial charge in [-0.2, -0.15) is 0 Å². The van der Waals surface area contributed by atoms with Crippen LogP contribution in [0.4, 0.5) is 5.69 Å². The van der Waals surface area contributed by atoms with Crippen molar-refractivity contribution in [2.24, 2.45) is 0 Å². The van der Waals surface area contributed by atoms with E-state index in [2.05, 4.69) is 5.32 Å². The van der Waals surface area contributed by atoms with Gasteiger partial charge in [-0.05, 0) is 74.4 Å². The van der Waals surface area contributed by atoms with Gasteiger partial charge < -0.3 is 19.5 Å². The second-order valence-electron chi connectivity index (χ2n) is 8.70. The zero-order valence-electron chi connectivity index (χ0n) is 20.8. The first-order valence-corrected chi connectivity index (χ1v) is 13.0. The fourth-order valence-corrected chi connectivity index (χ4v) is 5.48. The molecule has 0 saturated carbocycles. The molecule has 8 nitrogen and oxygen atoms in total. The Morgan fingerprint density at radius 1 is 1.03 bits per heavy atom. The summed E-state index contributed by atoms with van der Waals surface area (Å²) in [6.07, 6.45) is -1.02. The summed E-state index contributed by atoms with van der Waals surface area (Å²) in [7, 11) is -2.45. The van der Waals surface area contributed by atoms with E-state index >= 15 is 0 Å². The van der Waals surface area contributed by atoms with Crippen molar-refractivity contribution in [3.8, 4) is 17.2 Å². The van der Waals surface area contributed by atoms with Crippen molar-refractivity contribution < 1.29 is 27.4 Å². The molecule has 1 aliphatic heterocycles. The normalized spacial score (nSPS) is 15.0. The maximum atomic E-state index is 13.6. The number of methoxy groups -OCH3 is 1. The van der Waals surface area contributed by atoms with E-state index in [1.807, 2.05) is 45.0 Å². The topological polar surface area (TPSA) is 94.2 Å². The number of benzene rings is 3. The number of sulfonamides is 1. The Balaban J connectivity index is 1.49. The number of hydrogen-bond acceptors (Lipinski definition) is 6. The van der Waals surface area contributed by atoms with E-state index in [9.17, 15) is 13.2 Å². The van der Waals surface area contributed by atoms with Gasteiger partial charge in [-0.15, -0.1) is 0 Å². The van der Waals surface area contributed by atoms with Crippen LogP contribution >= 0.6 is 0 Å². The molecular formula is C27H30N2O6S. The minimum atomic E-state index is -3.96. The number of rotatable bonds is 8. The van der Waals surface area contributed by atoms with Crippen LogP contribution < -0.4 is 23.8 Å². The van der Waals surface area contributed by atoms with Crippen LogP contribution in [0.1, 0.15) is 16.7 Å². The Morgan fingerprint density at radius 2 is 1.72 bits per heavy atom. The minimum Gasteiger partial charge on any atom is -0.497 e. The van der Waals surface area contributed by atoms with Crippen LogP contribution in [0.25, 0.3) is 0 Å². The summed E-state index contributed by atoms with van der Waals surface area (Å²) in [5.41, 5.74) is 3.43. The van der Waals surface area contributed by atoms with Crippen molar-refractivity contribution in [1.82, 2.24) is 5.32 Å². The number of aryl methyl sites for hydroxylation is 3.